The van der Waals surface area contributed by atoms with Crippen molar-refractivity contribution in [3.05, 3.63) is 241 Å². The van der Waals surface area contributed by atoms with Crippen LogP contribution in [-0.2, 0) is 5.41 Å². The summed E-state index contributed by atoms with van der Waals surface area (Å²) in [6.07, 6.45) is 0. The highest BCUT2D eigenvalue weighted by Crippen LogP contribution is 2.63. The smallest absolute Gasteiger partial charge is 0.160 e. The van der Waals surface area contributed by atoms with Gasteiger partial charge in [0, 0.05) is 38.6 Å². The van der Waals surface area contributed by atoms with Crippen molar-refractivity contribution in [1.82, 2.24) is 9.97 Å². The number of para-hydroxylation sites is 2. The van der Waals surface area contributed by atoms with E-state index in [1.165, 1.54) is 22.3 Å². The highest BCUT2D eigenvalue weighted by Gasteiger charge is 2.51. The maximum Gasteiger partial charge on any atom is 0.160 e. The first kappa shape index (κ1) is 35.4. The van der Waals surface area contributed by atoms with E-state index in [1.807, 2.05) is 42.5 Å². The van der Waals surface area contributed by atoms with E-state index < -0.39 is 5.41 Å². The molecule has 0 saturated heterocycles. The third-order valence-electron chi connectivity index (χ3n) is 13.0. The lowest BCUT2D eigenvalue weighted by molar-refractivity contribution is 0.436. The number of furan rings is 1. The van der Waals surface area contributed by atoms with Crippen LogP contribution in [0.1, 0.15) is 22.3 Å². The van der Waals surface area contributed by atoms with Crippen LogP contribution in [0.25, 0.3) is 89.2 Å². The summed E-state index contributed by atoms with van der Waals surface area (Å²) in [6, 6.07) is 77.2. The largest absolute Gasteiger partial charge is 0.457 e. The molecule has 294 valence electrons. The molecule has 63 heavy (non-hydrogen) atoms. The summed E-state index contributed by atoms with van der Waals surface area (Å²) < 4.78 is 13.3. The van der Waals surface area contributed by atoms with Gasteiger partial charge in [-0.25, -0.2) is 9.97 Å². The monoisotopic (exact) mass is 804 g/mol. The van der Waals surface area contributed by atoms with Gasteiger partial charge in [-0.05, 0) is 99.1 Å². The molecule has 9 aromatic carbocycles. The summed E-state index contributed by atoms with van der Waals surface area (Å²) in [5, 5.41) is 2.23. The lowest BCUT2D eigenvalue weighted by atomic mass is 9.65. The molecule has 0 N–H and O–H groups in total. The standard InChI is InChI=1S/C59H36N2O2/c1-3-15-37(16-4-1)52-36-53(61-58(60-52)38-17-5-2-6-18-38)43-22-14-21-41(32-43)39-19-13-20-40(31-39)42-29-30-56-51(33-42)59(49-26-10-12-28-55(49)63-56)48-25-9-7-23-44(48)46-35-57-47(34-50(46)59)45-24-8-11-27-54(45)62-57/h1-36H. The summed E-state index contributed by atoms with van der Waals surface area (Å²) in [5.74, 6) is 2.43. The van der Waals surface area contributed by atoms with Crippen molar-refractivity contribution in [3.63, 3.8) is 0 Å². The number of ether oxygens (including phenoxy) is 1. The van der Waals surface area contributed by atoms with Crippen LogP contribution < -0.4 is 4.74 Å². The Morgan fingerprint density at radius 2 is 0.905 bits per heavy atom. The van der Waals surface area contributed by atoms with Crippen molar-refractivity contribution < 1.29 is 9.15 Å². The molecule has 4 nitrogen and oxygen atoms in total. The second kappa shape index (κ2) is 13.8. The Hall–Kier alpha value is -8.34. The van der Waals surface area contributed by atoms with Gasteiger partial charge in [-0.1, -0.05) is 164 Å². The molecule has 0 saturated carbocycles. The number of hydrogen-bond donors (Lipinski definition) is 0. The van der Waals surface area contributed by atoms with Crippen molar-refractivity contribution in [3.8, 4) is 78.8 Å². The molecule has 1 unspecified atom stereocenters. The van der Waals surface area contributed by atoms with Crippen LogP contribution in [0.15, 0.2) is 223 Å². The predicted octanol–water partition coefficient (Wildman–Crippen LogP) is 15.2. The van der Waals surface area contributed by atoms with Gasteiger partial charge >= 0.3 is 0 Å². The zero-order chi connectivity index (χ0) is 41.5. The van der Waals surface area contributed by atoms with Crippen LogP contribution in [0.5, 0.6) is 11.5 Å². The maximum atomic E-state index is 6.82. The SMILES string of the molecule is c1ccc(-c2cc(-c3cccc(-c4cccc(-c5ccc6c(c5)C5(c7ccccc7O6)c6ccccc6-c6cc7oc8ccccc8c7cc65)c4)c3)nc(-c3ccccc3)n2)cc1. The topological polar surface area (TPSA) is 48.2 Å². The molecule has 0 radical (unpaired) electrons. The Labute approximate surface area is 364 Å². The zero-order valence-electron chi connectivity index (χ0n) is 34.0. The second-order valence-corrected chi connectivity index (χ2v) is 16.5. The summed E-state index contributed by atoms with van der Waals surface area (Å²) in [5.41, 5.74) is 17.6. The van der Waals surface area contributed by atoms with Gasteiger partial charge in [0.1, 0.15) is 22.7 Å². The minimum absolute atomic E-state index is 0.626. The normalized spacial score (nSPS) is 14.5. The Bertz CT molecular complexity index is 3550. The Morgan fingerprint density at radius 1 is 0.317 bits per heavy atom. The molecule has 2 aromatic heterocycles. The van der Waals surface area contributed by atoms with Gasteiger partial charge in [-0.2, -0.15) is 0 Å². The lowest BCUT2D eigenvalue weighted by Gasteiger charge is -2.39. The molecule has 13 rings (SSSR count). The van der Waals surface area contributed by atoms with E-state index in [9.17, 15) is 0 Å². The minimum atomic E-state index is -0.626. The highest BCUT2D eigenvalue weighted by atomic mass is 16.5. The molecule has 1 aliphatic heterocycles. The number of hydrogen-bond acceptors (Lipinski definition) is 4. The number of fused-ring (bicyclic) bond motifs is 12. The van der Waals surface area contributed by atoms with Crippen molar-refractivity contribution in [2.45, 2.75) is 5.41 Å². The van der Waals surface area contributed by atoms with Crippen molar-refractivity contribution in [2.24, 2.45) is 0 Å². The van der Waals surface area contributed by atoms with Crippen LogP contribution in [0.2, 0.25) is 0 Å². The van der Waals surface area contributed by atoms with Crippen LogP contribution in [0.3, 0.4) is 0 Å². The van der Waals surface area contributed by atoms with E-state index in [-0.39, 0.29) is 0 Å². The number of nitrogens with zero attached hydrogens (tertiary/aromatic N) is 2. The summed E-state index contributed by atoms with van der Waals surface area (Å²) in [7, 11) is 0. The Kier molecular flexibility index (Phi) is 7.79. The minimum Gasteiger partial charge on any atom is -0.457 e. The van der Waals surface area contributed by atoms with Gasteiger partial charge in [0.05, 0.1) is 16.8 Å². The molecule has 0 fully saturated rings. The molecule has 0 bridgehead atoms. The molecule has 11 aromatic rings. The number of aromatic nitrogens is 2. The average molecular weight is 805 g/mol. The fourth-order valence-corrected chi connectivity index (χ4v) is 10.1. The quantitative estimate of drug-likeness (QED) is 0.174. The van der Waals surface area contributed by atoms with Crippen molar-refractivity contribution >= 4 is 21.9 Å². The third-order valence-corrected chi connectivity index (χ3v) is 13.0. The predicted molar refractivity (Wildman–Crippen MR) is 254 cm³/mol. The first-order chi connectivity index (χ1) is 31.2. The first-order valence-electron chi connectivity index (χ1n) is 21.4. The molecular formula is C59H36N2O2. The van der Waals surface area contributed by atoms with Gasteiger partial charge in [-0.3, -0.25) is 0 Å². The van der Waals surface area contributed by atoms with Gasteiger partial charge in [0.15, 0.2) is 5.82 Å². The number of rotatable bonds is 5. The zero-order valence-corrected chi connectivity index (χ0v) is 34.0. The summed E-state index contributed by atoms with van der Waals surface area (Å²) >= 11 is 0. The molecule has 4 heteroatoms. The Balaban J connectivity index is 0.955. The van der Waals surface area contributed by atoms with E-state index in [0.717, 1.165) is 94.9 Å². The first-order valence-corrected chi connectivity index (χ1v) is 21.4. The molecular weight excluding hydrogens is 769 g/mol. The third kappa shape index (κ3) is 5.48. The van der Waals surface area contributed by atoms with Crippen LogP contribution in [-0.4, -0.2) is 9.97 Å². The Morgan fingerprint density at radius 3 is 1.70 bits per heavy atom. The van der Waals surface area contributed by atoms with Crippen molar-refractivity contribution in [2.75, 3.05) is 0 Å². The lowest BCUT2D eigenvalue weighted by Crippen LogP contribution is -2.32. The van der Waals surface area contributed by atoms with Crippen LogP contribution in [0, 0.1) is 0 Å². The molecule has 2 aliphatic rings. The summed E-state index contributed by atoms with van der Waals surface area (Å²) in [6.45, 7) is 0. The van der Waals surface area contributed by atoms with E-state index in [1.54, 1.807) is 0 Å². The van der Waals surface area contributed by atoms with Crippen LogP contribution >= 0.6 is 0 Å². The maximum absolute atomic E-state index is 6.82. The fraction of sp³-hybridized carbons (Fsp3) is 0.0169. The fourth-order valence-electron chi connectivity index (χ4n) is 10.1. The van der Waals surface area contributed by atoms with Gasteiger partial charge in [0.25, 0.3) is 0 Å². The van der Waals surface area contributed by atoms with E-state index >= 15 is 0 Å². The second-order valence-electron chi connectivity index (χ2n) is 16.5. The highest BCUT2D eigenvalue weighted by molar-refractivity contribution is 6.08. The van der Waals surface area contributed by atoms with Gasteiger partial charge < -0.3 is 9.15 Å². The summed E-state index contributed by atoms with van der Waals surface area (Å²) in [4.78, 5) is 10.1. The van der Waals surface area contributed by atoms with E-state index in [0.29, 0.717) is 5.82 Å². The molecule has 3 heterocycles. The molecule has 0 amide bonds. The molecule has 1 spiro atoms. The van der Waals surface area contributed by atoms with Gasteiger partial charge in [-0.15, -0.1) is 0 Å². The number of benzene rings is 9. The van der Waals surface area contributed by atoms with Crippen molar-refractivity contribution in [1.29, 1.82) is 0 Å². The molecule has 1 aliphatic carbocycles. The van der Waals surface area contributed by atoms with Gasteiger partial charge in [0.2, 0.25) is 0 Å². The van der Waals surface area contributed by atoms with E-state index in [2.05, 4.69) is 176 Å². The molecule has 1 atom stereocenters. The van der Waals surface area contributed by atoms with Crippen LogP contribution in [0.4, 0.5) is 0 Å². The van der Waals surface area contributed by atoms with E-state index in [4.69, 9.17) is 19.1 Å². The average Bonchev–Trinajstić information content (AvgIpc) is 3.86.